The quantitative estimate of drug-likeness (QED) is 0.391. The number of hydrogen-bond donors (Lipinski definition) is 1. The van der Waals surface area contributed by atoms with Gasteiger partial charge in [0.25, 0.3) is 5.56 Å². The summed E-state index contributed by atoms with van der Waals surface area (Å²) in [6.07, 6.45) is 0. The zero-order valence-electron chi connectivity index (χ0n) is 19.1. The first-order valence-electron chi connectivity index (χ1n) is 10.3. The van der Waals surface area contributed by atoms with E-state index < -0.39 is 5.54 Å². The summed E-state index contributed by atoms with van der Waals surface area (Å²) in [6.45, 7) is 7.26. The van der Waals surface area contributed by atoms with E-state index in [9.17, 15) is 14.9 Å². The molecule has 0 bridgehead atoms. The molecule has 0 aliphatic heterocycles. The third kappa shape index (κ3) is 5.00. The van der Waals surface area contributed by atoms with Gasteiger partial charge in [-0.25, -0.2) is 4.98 Å². The van der Waals surface area contributed by atoms with Gasteiger partial charge in [-0.05, 0) is 43.5 Å². The van der Waals surface area contributed by atoms with Gasteiger partial charge in [0.15, 0.2) is 5.16 Å². The van der Waals surface area contributed by atoms with Crippen molar-refractivity contribution in [2.45, 2.75) is 38.4 Å². The van der Waals surface area contributed by atoms with Crippen LogP contribution in [0.3, 0.4) is 0 Å². The Morgan fingerprint density at radius 1 is 1.36 bits per heavy atom. The Hall–Kier alpha value is -3.02. The number of carbonyl (C=O) groups is 1. The summed E-state index contributed by atoms with van der Waals surface area (Å²) in [4.78, 5) is 30.8. The zero-order valence-corrected chi connectivity index (χ0v) is 20.7. The van der Waals surface area contributed by atoms with Gasteiger partial charge in [-0.2, -0.15) is 5.26 Å². The van der Waals surface area contributed by atoms with E-state index in [0.29, 0.717) is 32.5 Å². The van der Waals surface area contributed by atoms with E-state index in [1.807, 2.05) is 20.8 Å². The number of hydrogen-bond acceptors (Lipinski definition) is 6. The number of ether oxygens (including phenoxy) is 1. The highest BCUT2D eigenvalue weighted by Crippen LogP contribution is 2.32. The van der Waals surface area contributed by atoms with Crippen LogP contribution in [0, 0.1) is 24.2 Å². The van der Waals surface area contributed by atoms with Crippen molar-refractivity contribution in [3.63, 3.8) is 0 Å². The largest absolute Gasteiger partial charge is 0.495 e. The molecule has 1 aromatic heterocycles. The Morgan fingerprint density at radius 3 is 2.70 bits per heavy atom. The molecule has 0 saturated heterocycles. The topological polar surface area (TPSA) is 97.0 Å². The molecule has 1 unspecified atom stereocenters. The second-order valence-corrected chi connectivity index (χ2v) is 9.48. The van der Waals surface area contributed by atoms with Crippen molar-refractivity contribution in [2.24, 2.45) is 5.92 Å². The maximum absolute atomic E-state index is 13.5. The van der Waals surface area contributed by atoms with Gasteiger partial charge in [-0.3, -0.25) is 14.2 Å². The van der Waals surface area contributed by atoms with Gasteiger partial charge >= 0.3 is 0 Å². The Bertz CT molecular complexity index is 1320. The van der Waals surface area contributed by atoms with Crippen LogP contribution in [0.15, 0.2) is 46.3 Å². The lowest BCUT2D eigenvalue weighted by Gasteiger charge is -2.27. The number of nitrogens with one attached hydrogen (secondary N) is 1. The fourth-order valence-corrected chi connectivity index (χ4v) is 4.12. The van der Waals surface area contributed by atoms with Crippen LogP contribution in [0.25, 0.3) is 16.6 Å². The minimum absolute atomic E-state index is 0.0241. The number of halogens is 1. The summed E-state index contributed by atoms with van der Waals surface area (Å²) in [5.74, 6) is -0.0162. The highest BCUT2D eigenvalue weighted by atomic mass is 35.5. The highest BCUT2D eigenvalue weighted by molar-refractivity contribution is 7.99. The molecule has 0 fully saturated rings. The van der Waals surface area contributed by atoms with Crippen LogP contribution in [-0.4, -0.2) is 33.9 Å². The van der Waals surface area contributed by atoms with Crippen LogP contribution < -0.4 is 15.6 Å². The number of amides is 1. The van der Waals surface area contributed by atoms with E-state index in [0.717, 1.165) is 17.3 Å². The van der Waals surface area contributed by atoms with Crippen LogP contribution in [0.2, 0.25) is 5.02 Å². The van der Waals surface area contributed by atoms with Crippen molar-refractivity contribution in [2.75, 3.05) is 12.9 Å². The lowest BCUT2D eigenvalue weighted by molar-refractivity contribution is -0.120. The van der Waals surface area contributed by atoms with E-state index in [1.54, 1.807) is 43.3 Å². The molecule has 0 aliphatic rings. The lowest BCUT2D eigenvalue weighted by atomic mass is 9.90. The molecule has 3 aromatic rings. The summed E-state index contributed by atoms with van der Waals surface area (Å²) < 4.78 is 6.93. The number of thioether (sulfide) groups is 1. The van der Waals surface area contributed by atoms with Crippen LogP contribution in [-0.2, 0) is 4.79 Å². The highest BCUT2D eigenvalue weighted by Gasteiger charge is 2.30. The summed E-state index contributed by atoms with van der Waals surface area (Å²) in [5, 5.41) is 13.6. The average Bonchev–Trinajstić information content (AvgIpc) is 2.79. The molecule has 1 atom stereocenters. The third-order valence-electron chi connectivity index (χ3n) is 5.56. The molecule has 0 aliphatic carbocycles. The summed E-state index contributed by atoms with van der Waals surface area (Å²) in [6, 6.07) is 12.6. The number of rotatable bonds is 7. The number of para-hydroxylation sites is 1. The molecule has 0 radical (unpaired) electrons. The van der Waals surface area contributed by atoms with Crippen LogP contribution in [0.1, 0.15) is 26.3 Å². The SMILES string of the molecule is COc1cc(Cl)c(C)cc1-n1c(SCC(=O)NC(C)(C#N)C(C)C)nc2ccccc2c1=O. The molecule has 1 N–H and O–H groups in total. The van der Waals surface area contributed by atoms with Crippen molar-refractivity contribution >= 4 is 40.2 Å². The molecule has 0 spiro atoms. The standard InChI is InChI=1S/C24H25ClN4O3S/c1-14(2)24(4,13-26)28-21(30)12-33-23-27-18-9-7-6-8-16(18)22(31)29(23)19-10-15(3)17(25)11-20(19)32-5/h6-11,14H,12H2,1-5H3,(H,28,30). The molecule has 7 nitrogen and oxygen atoms in total. The monoisotopic (exact) mass is 484 g/mol. The number of nitrogens with zero attached hydrogens (tertiary/aromatic N) is 3. The zero-order chi connectivity index (χ0) is 24.3. The lowest BCUT2D eigenvalue weighted by Crippen LogP contribution is -2.49. The van der Waals surface area contributed by atoms with Crippen molar-refractivity contribution in [3.05, 3.63) is 57.3 Å². The average molecular weight is 485 g/mol. The van der Waals surface area contributed by atoms with Gasteiger partial charge in [0.1, 0.15) is 11.3 Å². The first-order chi connectivity index (χ1) is 15.6. The molecule has 33 heavy (non-hydrogen) atoms. The second kappa shape index (κ2) is 9.86. The minimum Gasteiger partial charge on any atom is -0.495 e. The fraction of sp³-hybridized carbons (Fsp3) is 0.333. The van der Waals surface area contributed by atoms with Crippen LogP contribution in [0.4, 0.5) is 0 Å². The summed E-state index contributed by atoms with van der Waals surface area (Å²) in [5.41, 5.74) is 0.491. The Kier molecular flexibility index (Phi) is 7.35. The normalized spacial score (nSPS) is 12.9. The Labute approximate surface area is 201 Å². The van der Waals surface area contributed by atoms with E-state index in [1.165, 1.54) is 11.7 Å². The van der Waals surface area contributed by atoms with Gasteiger partial charge in [0, 0.05) is 11.1 Å². The van der Waals surface area contributed by atoms with E-state index in [4.69, 9.17) is 16.3 Å². The molecule has 1 heterocycles. The smallest absolute Gasteiger partial charge is 0.266 e. The van der Waals surface area contributed by atoms with E-state index in [-0.39, 0.29) is 23.1 Å². The van der Waals surface area contributed by atoms with E-state index in [2.05, 4.69) is 16.4 Å². The number of nitriles is 1. The predicted molar refractivity (Wildman–Crippen MR) is 131 cm³/mol. The first-order valence-corrected chi connectivity index (χ1v) is 11.7. The van der Waals surface area contributed by atoms with Gasteiger partial charge in [-0.1, -0.05) is 49.3 Å². The van der Waals surface area contributed by atoms with Crippen molar-refractivity contribution < 1.29 is 9.53 Å². The molecule has 9 heteroatoms. The first kappa shape index (κ1) is 24.6. The molecular formula is C24H25ClN4O3S. The van der Waals surface area contributed by atoms with Crippen molar-refractivity contribution in [1.82, 2.24) is 14.9 Å². The maximum Gasteiger partial charge on any atom is 0.266 e. The third-order valence-corrected chi connectivity index (χ3v) is 6.91. The number of benzene rings is 2. The number of fused-ring (bicyclic) bond motifs is 1. The van der Waals surface area contributed by atoms with Gasteiger partial charge in [0.2, 0.25) is 5.91 Å². The summed E-state index contributed by atoms with van der Waals surface area (Å²) in [7, 11) is 1.50. The summed E-state index contributed by atoms with van der Waals surface area (Å²) >= 11 is 7.38. The molecule has 1 amide bonds. The van der Waals surface area contributed by atoms with E-state index >= 15 is 0 Å². The van der Waals surface area contributed by atoms with Gasteiger partial charge in [-0.15, -0.1) is 0 Å². The second-order valence-electron chi connectivity index (χ2n) is 8.13. The Balaban J connectivity index is 2.09. The van der Waals surface area contributed by atoms with Crippen molar-refractivity contribution in [3.8, 4) is 17.5 Å². The Morgan fingerprint density at radius 2 is 2.06 bits per heavy atom. The molecule has 3 rings (SSSR count). The minimum atomic E-state index is -0.995. The van der Waals surface area contributed by atoms with Gasteiger partial charge < -0.3 is 10.1 Å². The molecule has 172 valence electrons. The fourth-order valence-electron chi connectivity index (χ4n) is 3.17. The molecule has 0 saturated carbocycles. The van der Waals surface area contributed by atoms with Crippen LogP contribution >= 0.6 is 23.4 Å². The van der Waals surface area contributed by atoms with Crippen molar-refractivity contribution in [1.29, 1.82) is 5.26 Å². The predicted octanol–water partition coefficient (Wildman–Crippen LogP) is 4.50. The maximum atomic E-state index is 13.5. The number of aromatic nitrogens is 2. The van der Waals surface area contributed by atoms with Crippen LogP contribution in [0.5, 0.6) is 5.75 Å². The number of aryl methyl sites for hydroxylation is 1. The molecular weight excluding hydrogens is 460 g/mol. The van der Waals surface area contributed by atoms with Gasteiger partial charge in [0.05, 0.1) is 35.5 Å². The number of carbonyl (C=O) groups excluding carboxylic acids is 1. The number of methoxy groups -OCH3 is 1. The molecule has 2 aromatic carbocycles.